The minimum atomic E-state index is -3.51. The molecule has 1 fully saturated rings. The van der Waals surface area contributed by atoms with Crippen molar-refractivity contribution in [2.24, 2.45) is 0 Å². The van der Waals surface area contributed by atoms with Gasteiger partial charge >= 0.3 is 0 Å². The van der Waals surface area contributed by atoms with E-state index in [9.17, 15) is 8.42 Å². The molecule has 4 nitrogen and oxygen atoms in total. The molecule has 19 heavy (non-hydrogen) atoms. The lowest BCUT2D eigenvalue weighted by molar-refractivity contribution is 0.297. The summed E-state index contributed by atoms with van der Waals surface area (Å²) in [5, 5.41) is 7.82. The van der Waals surface area contributed by atoms with E-state index in [4.69, 9.17) is 9.29 Å². The maximum absolute atomic E-state index is 11.6. The maximum Gasteiger partial charge on any atom is 0.297 e. The minimum Gasteiger partial charge on any atom is -0.350 e. The van der Waals surface area contributed by atoms with E-state index in [2.05, 4.69) is 34.8 Å². The lowest BCUT2D eigenvalue weighted by Crippen LogP contribution is -2.07. The first kappa shape index (κ1) is 17.0. The lowest BCUT2D eigenvalue weighted by atomic mass is 10.2. The molecule has 1 aliphatic rings. The van der Waals surface area contributed by atoms with Crippen LogP contribution >= 0.6 is 34.8 Å². The van der Waals surface area contributed by atoms with Gasteiger partial charge in [-0.05, 0) is 31.9 Å². The summed E-state index contributed by atoms with van der Waals surface area (Å²) in [7, 11) is -3.51. The molecule has 1 aromatic rings. The van der Waals surface area contributed by atoms with E-state index in [1.807, 2.05) is 6.92 Å². The molecule has 2 rings (SSSR count). The second-order valence-corrected chi connectivity index (χ2v) is 7.82. The number of aliphatic hydroxyl groups is 1. The average Bonchev–Trinajstić information content (AvgIpc) is 2.99. The molecule has 1 aromatic carbocycles. The fourth-order valence-electron chi connectivity index (χ4n) is 1.10. The second-order valence-electron chi connectivity index (χ2n) is 4.03. The zero-order valence-corrected chi connectivity index (χ0v) is 13.1. The summed E-state index contributed by atoms with van der Waals surface area (Å²) in [5.74, 6) is 0. The van der Waals surface area contributed by atoms with Crippen molar-refractivity contribution in [1.29, 1.82) is 0 Å². The third-order valence-electron chi connectivity index (χ3n) is 2.10. The van der Waals surface area contributed by atoms with Crippen LogP contribution in [0.2, 0.25) is 0 Å². The van der Waals surface area contributed by atoms with E-state index in [1.54, 1.807) is 24.3 Å². The Kier molecular flexibility index (Phi) is 5.92. The third kappa shape index (κ3) is 7.97. The third-order valence-corrected chi connectivity index (χ3v) is 3.47. The number of alkyl halides is 3. The Morgan fingerprint density at radius 3 is 2.00 bits per heavy atom. The van der Waals surface area contributed by atoms with Crippen molar-refractivity contribution in [1.82, 2.24) is 0 Å². The van der Waals surface area contributed by atoms with E-state index < -0.39 is 14.1 Å². The van der Waals surface area contributed by atoms with Gasteiger partial charge in [-0.2, -0.15) is 8.42 Å². The molecule has 0 radical (unpaired) electrons. The first-order chi connectivity index (χ1) is 8.58. The summed E-state index contributed by atoms with van der Waals surface area (Å²) in [5.41, 5.74) is 1.04. The van der Waals surface area contributed by atoms with Crippen molar-refractivity contribution in [3.05, 3.63) is 29.8 Å². The number of benzene rings is 1. The van der Waals surface area contributed by atoms with E-state index in [-0.39, 0.29) is 11.0 Å². The van der Waals surface area contributed by atoms with Crippen molar-refractivity contribution >= 4 is 44.9 Å². The molecule has 8 heteroatoms. The molecular formula is C11H13Cl3O4S. The van der Waals surface area contributed by atoms with Gasteiger partial charge in [0.1, 0.15) is 0 Å². The van der Waals surface area contributed by atoms with Crippen LogP contribution in [0.25, 0.3) is 0 Å². The molecule has 108 valence electrons. The van der Waals surface area contributed by atoms with Crippen molar-refractivity contribution in [2.45, 2.75) is 34.7 Å². The number of hydrogen-bond donors (Lipinski definition) is 1. The molecule has 0 aromatic heterocycles. The molecule has 0 heterocycles. The summed E-state index contributed by atoms with van der Waals surface area (Å²) in [6.45, 7) is 1.91. The highest BCUT2D eigenvalue weighted by Crippen LogP contribution is 2.28. The van der Waals surface area contributed by atoms with Gasteiger partial charge in [-0.3, -0.25) is 4.18 Å². The van der Waals surface area contributed by atoms with E-state index in [0.29, 0.717) is 0 Å². The molecular weight excluding hydrogens is 335 g/mol. The molecule has 0 amide bonds. The normalized spacial score (nSPS) is 15.6. The Labute approximate surface area is 127 Å². The van der Waals surface area contributed by atoms with Gasteiger partial charge in [0.25, 0.3) is 14.1 Å². The van der Waals surface area contributed by atoms with Gasteiger partial charge in [0.15, 0.2) is 0 Å². The van der Waals surface area contributed by atoms with Crippen molar-refractivity contribution in [2.75, 3.05) is 0 Å². The second kappa shape index (κ2) is 6.61. The SMILES string of the molecule is Cc1ccc(S(=O)(=O)OC2CC2)cc1.OC(Cl)(Cl)Cl. The van der Waals surface area contributed by atoms with Crippen molar-refractivity contribution in [3.8, 4) is 0 Å². The Bertz CT molecular complexity index is 498. The van der Waals surface area contributed by atoms with Gasteiger partial charge in [-0.25, -0.2) is 0 Å². The van der Waals surface area contributed by atoms with Crippen LogP contribution in [0.1, 0.15) is 18.4 Å². The summed E-state index contributed by atoms with van der Waals surface area (Å²) in [6, 6.07) is 6.69. The summed E-state index contributed by atoms with van der Waals surface area (Å²) in [4.78, 5) is 0.245. The van der Waals surface area contributed by atoms with Crippen LogP contribution in [-0.2, 0) is 14.3 Å². The van der Waals surface area contributed by atoms with Gasteiger partial charge in [-0.15, -0.1) is 0 Å². The highest BCUT2D eigenvalue weighted by atomic mass is 35.6. The minimum absolute atomic E-state index is 0.0821. The quantitative estimate of drug-likeness (QED) is 0.674. The molecule has 1 aliphatic carbocycles. The first-order valence-corrected chi connectivity index (χ1v) is 7.91. The zero-order valence-electron chi connectivity index (χ0n) is 10.0. The molecule has 0 spiro atoms. The highest BCUT2D eigenvalue weighted by molar-refractivity contribution is 7.86. The van der Waals surface area contributed by atoms with Crippen molar-refractivity contribution in [3.63, 3.8) is 0 Å². The van der Waals surface area contributed by atoms with Crippen molar-refractivity contribution < 1.29 is 17.7 Å². The van der Waals surface area contributed by atoms with Gasteiger partial charge in [0.05, 0.1) is 11.0 Å². The number of halogens is 3. The monoisotopic (exact) mass is 346 g/mol. The molecule has 1 N–H and O–H groups in total. The average molecular weight is 348 g/mol. The Balaban J connectivity index is 0.000000312. The predicted octanol–water partition coefficient (Wildman–Crippen LogP) is 3.17. The summed E-state index contributed by atoms with van der Waals surface area (Å²) >= 11 is 13.8. The Hall–Kier alpha value is -0.0400. The van der Waals surface area contributed by atoms with E-state index >= 15 is 0 Å². The summed E-state index contributed by atoms with van der Waals surface area (Å²) < 4.78 is 26.0. The molecule has 0 aliphatic heterocycles. The predicted molar refractivity (Wildman–Crippen MR) is 75.0 cm³/mol. The topological polar surface area (TPSA) is 63.6 Å². The lowest BCUT2D eigenvalue weighted by Gasteiger charge is -2.03. The molecule has 1 saturated carbocycles. The molecule has 0 unspecified atom stereocenters. The Morgan fingerprint density at radius 1 is 1.21 bits per heavy atom. The van der Waals surface area contributed by atoms with Crippen LogP contribution in [0, 0.1) is 6.92 Å². The fourth-order valence-corrected chi connectivity index (χ4v) is 2.24. The largest absolute Gasteiger partial charge is 0.350 e. The van der Waals surface area contributed by atoms with E-state index in [0.717, 1.165) is 18.4 Å². The van der Waals surface area contributed by atoms with Gasteiger partial charge < -0.3 is 5.11 Å². The maximum atomic E-state index is 11.6. The molecule has 0 atom stereocenters. The number of aryl methyl sites for hydroxylation is 1. The Morgan fingerprint density at radius 2 is 1.63 bits per heavy atom. The van der Waals surface area contributed by atoms with Crippen LogP contribution < -0.4 is 0 Å². The standard InChI is InChI=1S/C10H12O3S.CHCl3O/c1-8-2-6-10(7-3-8)14(11,12)13-9-4-5-9;2-1(3,4)5/h2-3,6-7,9H,4-5H2,1H3;5H. The van der Waals surface area contributed by atoms with E-state index in [1.165, 1.54) is 0 Å². The molecule has 0 saturated heterocycles. The van der Waals surface area contributed by atoms with Crippen LogP contribution in [0.4, 0.5) is 0 Å². The number of rotatable bonds is 3. The zero-order chi connectivity index (χ0) is 14.7. The van der Waals surface area contributed by atoms with Gasteiger partial charge in [0.2, 0.25) is 0 Å². The van der Waals surface area contributed by atoms with Crippen LogP contribution in [0.3, 0.4) is 0 Å². The smallest absolute Gasteiger partial charge is 0.297 e. The fraction of sp³-hybridized carbons (Fsp3) is 0.455. The van der Waals surface area contributed by atoms with Gasteiger partial charge in [-0.1, -0.05) is 52.5 Å². The van der Waals surface area contributed by atoms with Crippen LogP contribution in [-0.4, -0.2) is 23.6 Å². The van der Waals surface area contributed by atoms with Gasteiger partial charge in [0, 0.05) is 0 Å². The highest BCUT2D eigenvalue weighted by Gasteiger charge is 2.29. The molecule has 0 bridgehead atoms. The summed E-state index contributed by atoms with van der Waals surface area (Å²) in [6.07, 6.45) is 1.62. The van der Waals surface area contributed by atoms with Crippen LogP contribution in [0.15, 0.2) is 29.2 Å². The first-order valence-electron chi connectivity index (χ1n) is 5.37. The number of hydrogen-bond acceptors (Lipinski definition) is 4. The van der Waals surface area contributed by atoms with Crippen LogP contribution in [0.5, 0.6) is 0 Å².